The summed E-state index contributed by atoms with van der Waals surface area (Å²) < 4.78 is 38.1. The van der Waals surface area contributed by atoms with Gasteiger partial charge in [0.15, 0.2) is 0 Å². The first-order valence-electron chi connectivity index (χ1n) is 11.4. The predicted octanol–water partition coefficient (Wildman–Crippen LogP) is 3.44. The van der Waals surface area contributed by atoms with Gasteiger partial charge in [0.1, 0.15) is 0 Å². The molecule has 0 spiro atoms. The van der Waals surface area contributed by atoms with Crippen LogP contribution in [0.1, 0.15) is 91.9 Å². The zero-order valence-electron chi connectivity index (χ0n) is 19.5. The molecule has 0 radical (unpaired) electrons. The second-order valence-electron chi connectivity index (χ2n) is 7.77. The van der Waals surface area contributed by atoms with Crippen LogP contribution in [0.3, 0.4) is 0 Å². The van der Waals surface area contributed by atoms with Crippen molar-refractivity contribution in [2.75, 3.05) is 39.4 Å². The van der Waals surface area contributed by atoms with Gasteiger partial charge < -0.3 is 19.0 Å². The smallest absolute Gasteiger partial charge is 0.490 e. The Hall–Kier alpha value is -0.890. The second-order valence-corrected chi connectivity index (χ2v) is 7.77. The Balaban J connectivity index is -0.000000457. The van der Waals surface area contributed by atoms with Gasteiger partial charge in [-0.2, -0.15) is 13.2 Å². The summed E-state index contributed by atoms with van der Waals surface area (Å²) in [5.74, 6) is -2.76. The van der Waals surface area contributed by atoms with E-state index < -0.39 is 12.1 Å². The van der Waals surface area contributed by atoms with Crippen LogP contribution in [0.25, 0.3) is 0 Å². The normalized spacial score (nSPS) is 13.4. The van der Waals surface area contributed by atoms with Crippen LogP contribution in [0, 0.1) is 0 Å². The van der Waals surface area contributed by atoms with Gasteiger partial charge in [-0.05, 0) is 38.5 Å². The number of rotatable bonds is 12. The summed E-state index contributed by atoms with van der Waals surface area (Å²) in [7, 11) is 0. The van der Waals surface area contributed by atoms with Crippen molar-refractivity contribution in [1.82, 2.24) is 0 Å². The summed E-state index contributed by atoms with van der Waals surface area (Å²) in [6, 6.07) is 0. The van der Waals surface area contributed by atoms with Gasteiger partial charge >= 0.3 is 12.1 Å². The van der Waals surface area contributed by atoms with Crippen LogP contribution in [0.5, 0.6) is 0 Å². The number of unbranched alkanes of at least 4 members (excludes halogenated alkanes) is 4. The van der Waals surface area contributed by atoms with Gasteiger partial charge in [0, 0.05) is 13.2 Å². The molecule has 0 atom stereocenters. The fraction of sp³-hybridized carbons (Fsp3) is 0.955. The average Bonchev–Trinajstić information content (AvgIpc) is 3.27. The van der Waals surface area contributed by atoms with Gasteiger partial charge in [-0.15, -0.1) is 0 Å². The fourth-order valence-electron chi connectivity index (χ4n) is 3.16. The highest BCUT2D eigenvalue weighted by Gasteiger charge is 2.38. The summed E-state index contributed by atoms with van der Waals surface area (Å²) in [6.45, 7) is 17.0. The van der Waals surface area contributed by atoms with Crippen LogP contribution in [0.4, 0.5) is 13.2 Å². The second kappa shape index (κ2) is 21.3. The van der Waals surface area contributed by atoms with Crippen molar-refractivity contribution < 1.29 is 37.0 Å². The number of carbonyl (C=O) groups is 1. The lowest BCUT2D eigenvalue weighted by Crippen LogP contribution is -3.00. The standard InChI is InChI=1S/C16H36N.C4H8O.C2HF3O2.FH/c1-5-9-13-17(14-10-6-2,15-11-7-3)16-12-8-4;1-2-4-5-3-1;3-2(4,5)1(6)7;/h5-16H2,1-4H3;1-4H2;(H,6,7);1H/q+1;;;/p-1. The number of aliphatic carboxylic acids is 1. The number of carboxylic acids is 1. The highest BCUT2D eigenvalue weighted by Crippen LogP contribution is 2.16. The number of alkyl halides is 3. The molecular formula is C22H45F4NO3. The molecule has 0 amide bonds. The SMILES string of the molecule is C1CCOC1.CCCC[N+](CCCC)(CCCC)CCCC.O=C(O)C(F)(F)F.[F-]. The summed E-state index contributed by atoms with van der Waals surface area (Å²) >= 11 is 0. The minimum absolute atomic E-state index is 0. The Morgan fingerprint density at radius 3 is 1.20 bits per heavy atom. The van der Waals surface area contributed by atoms with Crippen LogP contribution >= 0.6 is 0 Å². The Labute approximate surface area is 181 Å². The summed E-state index contributed by atoms with van der Waals surface area (Å²) in [4.78, 5) is 8.90. The van der Waals surface area contributed by atoms with E-state index in [1.165, 1.54) is 94.9 Å². The van der Waals surface area contributed by atoms with Crippen molar-refractivity contribution in [3.8, 4) is 0 Å². The Morgan fingerprint density at radius 2 is 1.07 bits per heavy atom. The number of hydrogen-bond acceptors (Lipinski definition) is 2. The van der Waals surface area contributed by atoms with Gasteiger partial charge in [0.25, 0.3) is 0 Å². The Kier molecular flexibility index (Phi) is 24.0. The lowest BCUT2D eigenvalue weighted by molar-refractivity contribution is -0.929. The van der Waals surface area contributed by atoms with Gasteiger partial charge in [-0.3, -0.25) is 0 Å². The van der Waals surface area contributed by atoms with Crippen molar-refractivity contribution in [2.45, 2.75) is 98.1 Å². The molecule has 1 N–H and O–H groups in total. The first-order chi connectivity index (χ1) is 13.7. The molecule has 8 heteroatoms. The van der Waals surface area contributed by atoms with E-state index in [0.717, 1.165) is 13.2 Å². The number of nitrogens with zero attached hydrogens (tertiary/aromatic N) is 1. The van der Waals surface area contributed by atoms with Crippen LogP contribution < -0.4 is 4.70 Å². The molecule has 4 nitrogen and oxygen atoms in total. The lowest BCUT2D eigenvalue weighted by atomic mass is 10.1. The summed E-state index contributed by atoms with van der Waals surface area (Å²) in [5.41, 5.74) is 0. The van der Waals surface area contributed by atoms with Gasteiger partial charge in [0.2, 0.25) is 0 Å². The van der Waals surface area contributed by atoms with Crippen molar-refractivity contribution in [2.24, 2.45) is 0 Å². The molecule has 1 aliphatic heterocycles. The maximum atomic E-state index is 10.6. The number of hydrogen-bond donors (Lipinski definition) is 1. The third kappa shape index (κ3) is 20.4. The van der Waals surface area contributed by atoms with Gasteiger partial charge in [-0.1, -0.05) is 53.4 Å². The quantitative estimate of drug-likeness (QED) is 0.368. The summed E-state index contributed by atoms with van der Waals surface area (Å²) in [5, 5.41) is 7.12. The van der Waals surface area contributed by atoms with E-state index in [2.05, 4.69) is 27.7 Å². The molecule has 30 heavy (non-hydrogen) atoms. The number of halogens is 4. The molecule has 0 aromatic rings. The molecule has 1 rings (SSSR count). The van der Waals surface area contributed by atoms with Gasteiger partial charge in [0.05, 0.1) is 26.2 Å². The highest BCUT2D eigenvalue weighted by atomic mass is 19.4. The maximum Gasteiger partial charge on any atom is 0.490 e. The molecule has 1 saturated heterocycles. The summed E-state index contributed by atoms with van der Waals surface area (Å²) in [6.07, 6.45) is 8.53. The minimum atomic E-state index is -5.08. The van der Waals surface area contributed by atoms with Crippen LogP contribution in [0.2, 0.25) is 0 Å². The molecule has 184 valence electrons. The number of carboxylic acid groups (broad SMARTS) is 1. The molecule has 0 unspecified atom stereocenters. The van der Waals surface area contributed by atoms with Crippen LogP contribution in [-0.2, 0) is 9.53 Å². The molecule has 1 heterocycles. The Morgan fingerprint density at radius 1 is 0.800 bits per heavy atom. The van der Waals surface area contributed by atoms with E-state index in [1.807, 2.05) is 0 Å². The van der Waals surface area contributed by atoms with Crippen molar-refractivity contribution in [3.63, 3.8) is 0 Å². The van der Waals surface area contributed by atoms with Gasteiger partial charge in [-0.25, -0.2) is 4.79 Å². The molecule has 0 saturated carbocycles. The zero-order valence-corrected chi connectivity index (χ0v) is 19.5. The fourth-order valence-corrected chi connectivity index (χ4v) is 3.16. The molecule has 0 aromatic carbocycles. The topological polar surface area (TPSA) is 46.5 Å². The first-order valence-corrected chi connectivity index (χ1v) is 11.4. The Bertz CT molecular complexity index is 331. The molecule has 0 aromatic heterocycles. The van der Waals surface area contributed by atoms with E-state index in [4.69, 9.17) is 14.6 Å². The molecule has 1 fully saturated rings. The molecule has 1 aliphatic rings. The van der Waals surface area contributed by atoms with Crippen molar-refractivity contribution in [1.29, 1.82) is 0 Å². The monoisotopic (exact) mass is 447 g/mol. The largest absolute Gasteiger partial charge is 1.00 e. The van der Waals surface area contributed by atoms with Crippen molar-refractivity contribution in [3.05, 3.63) is 0 Å². The third-order valence-electron chi connectivity index (χ3n) is 5.01. The first kappa shape index (κ1) is 33.7. The minimum Gasteiger partial charge on any atom is -1.00 e. The zero-order chi connectivity index (χ0) is 22.6. The molecular weight excluding hydrogens is 402 g/mol. The van der Waals surface area contributed by atoms with Crippen molar-refractivity contribution >= 4 is 5.97 Å². The number of ether oxygens (including phenoxy) is 1. The molecule has 0 aliphatic carbocycles. The predicted molar refractivity (Wildman–Crippen MR) is 113 cm³/mol. The van der Waals surface area contributed by atoms with Crippen LogP contribution in [-0.4, -0.2) is 61.1 Å². The number of quaternary nitrogens is 1. The lowest BCUT2D eigenvalue weighted by Gasteiger charge is -2.39. The van der Waals surface area contributed by atoms with E-state index in [9.17, 15) is 13.2 Å². The molecule has 0 bridgehead atoms. The third-order valence-corrected chi connectivity index (χ3v) is 5.01. The van der Waals surface area contributed by atoms with E-state index in [0.29, 0.717) is 0 Å². The van der Waals surface area contributed by atoms with Crippen LogP contribution in [0.15, 0.2) is 0 Å². The average molecular weight is 448 g/mol. The highest BCUT2D eigenvalue weighted by molar-refractivity contribution is 5.73. The van der Waals surface area contributed by atoms with E-state index in [1.54, 1.807) is 0 Å². The van der Waals surface area contributed by atoms with E-state index >= 15 is 0 Å². The maximum absolute atomic E-state index is 10.6. The van der Waals surface area contributed by atoms with E-state index in [-0.39, 0.29) is 4.70 Å².